The molecule has 0 aromatic heterocycles. The van der Waals surface area contributed by atoms with Crippen LogP contribution in [0.3, 0.4) is 0 Å². The van der Waals surface area contributed by atoms with Crippen LogP contribution in [-0.2, 0) is 20.7 Å². The third-order valence-electron chi connectivity index (χ3n) is 2.52. The summed E-state index contributed by atoms with van der Waals surface area (Å²) in [5.41, 5.74) is 0.558. The van der Waals surface area contributed by atoms with Gasteiger partial charge in [-0.3, -0.25) is 4.79 Å². The Labute approximate surface area is 110 Å². The number of methoxy groups -OCH3 is 2. The number of hydrogen-bond donors (Lipinski definition) is 1. The highest BCUT2D eigenvalue weighted by atomic mass is 18.2. The Bertz CT molecular complexity index is 476. The van der Waals surface area contributed by atoms with Crippen molar-refractivity contribution in [2.75, 3.05) is 14.2 Å². The average molecular weight is 268 g/mol. The summed E-state index contributed by atoms with van der Waals surface area (Å²) in [6.45, 7) is 1.30. The Kier molecular flexibility index (Phi) is 5.29. The van der Waals surface area contributed by atoms with E-state index in [4.69, 9.17) is 4.74 Å². The van der Waals surface area contributed by atoms with Gasteiger partial charge in [0.25, 0.3) is 0 Å². The first-order valence-electron chi connectivity index (χ1n) is 5.65. The second-order valence-electron chi connectivity index (χ2n) is 3.95. The molecule has 6 heteroatoms. The van der Waals surface area contributed by atoms with E-state index < -0.39 is 17.8 Å². The van der Waals surface area contributed by atoms with E-state index in [-0.39, 0.29) is 18.1 Å². The van der Waals surface area contributed by atoms with E-state index in [1.54, 1.807) is 6.07 Å². The fraction of sp³-hybridized carbons (Fsp3) is 0.385. The molecule has 0 aliphatic heterocycles. The van der Waals surface area contributed by atoms with Crippen LogP contribution in [0.2, 0.25) is 0 Å². The summed E-state index contributed by atoms with van der Waals surface area (Å²) in [6.07, 6.45) is 0.146. The van der Waals surface area contributed by atoms with Crippen molar-refractivity contribution >= 4 is 11.9 Å². The lowest BCUT2D eigenvalue weighted by Crippen LogP contribution is -2.42. The SMILES string of the molecule is COC(=O)[C@H](Cc1ccc(OC)c([18F])c1)NC(C)=O. The quantitative estimate of drug-likeness (QED) is 0.811. The molecule has 0 aliphatic rings. The largest absolute Gasteiger partial charge is 0.494 e. The van der Waals surface area contributed by atoms with Crippen LogP contribution >= 0.6 is 0 Å². The van der Waals surface area contributed by atoms with E-state index in [9.17, 15) is 14.0 Å². The molecule has 0 fully saturated rings. The van der Waals surface area contributed by atoms with E-state index in [1.165, 1.54) is 33.3 Å². The third kappa shape index (κ3) is 4.24. The fourth-order valence-corrected chi connectivity index (χ4v) is 1.65. The molecule has 0 bridgehead atoms. The first-order valence-corrected chi connectivity index (χ1v) is 5.65. The van der Waals surface area contributed by atoms with Crippen molar-refractivity contribution in [1.29, 1.82) is 0 Å². The van der Waals surface area contributed by atoms with E-state index in [1.807, 2.05) is 0 Å². The zero-order valence-electron chi connectivity index (χ0n) is 11.0. The van der Waals surface area contributed by atoms with Crippen molar-refractivity contribution in [3.63, 3.8) is 0 Å². The van der Waals surface area contributed by atoms with Gasteiger partial charge in [0.15, 0.2) is 11.6 Å². The van der Waals surface area contributed by atoms with Crippen molar-refractivity contribution in [3.8, 4) is 5.75 Å². The summed E-state index contributed by atoms with van der Waals surface area (Å²) in [4.78, 5) is 22.5. The minimum Gasteiger partial charge on any atom is -0.494 e. The molecule has 0 saturated heterocycles. The Hall–Kier alpha value is -2.11. The maximum Gasteiger partial charge on any atom is 0.328 e. The van der Waals surface area contributed by atoms with Crippen LogP contribution in [0.15, 0.2) is 18.2 Å². The molecule has 5 nitrogen and oxygen atoms in total. The maximum atomic E-state index is 13.5. The van der Waals surface area contributed by atoms with Crippen molar-refractivity contribution in [1.82, 2.24) is 5.32 Å². The fourth-order valence-electron chi connectivity index (χ4n) is 1.65. The Morgan fingerprint density at radius 2 is 2.05 bits per heavy atom. The molecular formula is C13H16FNO4. The molecule has 0 spiro atoms. The number of halogens is 1. The van der Waals surface area contributed by atoms with Gasteiger partial charge < -0.3 is 14.8 Å². The summed E-state index contributed by atoms with van der Waals surface area (Å²) in [6, 6.07) is 3.51. The van der Waals surface area contributed by atoms with Crippen LogP contribution in [0.1, 0.15) is 12.5 Å². The van der Waals surface area contributed by atoms with Crippen LogP contribution in [0.25, 0.3) is 0 Å². The number of hydrogen-bond acceptors (Lipinski definition) is 4. The molecule has 19 heavy (non-hydrogen) atoms. The lowest BCUT2D eigenvalue weighted by atomic mass is 10.1. The minimum absolute atomic E-state index is 0.123. The van der Waals surface area contributed by atoms with Crippen LogP contribution in [0, 0.1) is 5.82 Å². The van der Waals surface area contributed by atoms with Gasteiger partial charge in [0.1, 0.15) is 6.04 Å². The van der Waals surface area contributed by atoms with Crippen molar-refractivity contribution in [2.24, 2.45) is 0 Å². The summed E-state index contributed by atoms with van der Waals surface area (Å²) in [7, 11) is 2.60. The monoisotopic (exact) mass is 268 g/mol. The van der Waals surface area contributed by atoms with Gasteiger partial charge in [-0.05, 0) is 17.7 Å². The van der Waals surface area contributed by atoms with Gasteiger partial charge in [0, 0.05) is 13.3 Å². The number of rotatable bonds is 5. The molecule has 1 aromatic carbocycles. The molecular weight excluding hydrogens is 252 g/mol. The van der Waals surface area contributed by atoms with E-state index in [2.05, 4.69) is 10.1 Å². The van der Waals surface area contributed by atoms with E-state index in [0.29, 0.717) is 5.56 Å². The smallest absolute Gasteiger partial charge is 0.328 e. The lowest BCUT2D eigenvalue weighted by molar-refractivity contribution is -0.144. The summed E-state index contributed by atoms with van der Waals surface area (Å²) in [5.74, 6) is -1.33. The average Bonchev–Trinajstić information content (AvgIpc) is 2.36. The second kappa shape index (κ2) is 6.72. The molecule has 0 unspecified atom stereocenters. The van der Waals surface area contributed by atoms with Gasteiger partial charge in [-0.25, -0.2) is 9.18 Å². The predicted octanol–water partition coefficient (Wildman–Crippen LogP) is 1.05. The second-order valence-corrected chi connectivity index (χ2v) is 3.95. The van der Waals surface area contributed by atoms with Gasteiger partial charge >= 0.3 is 5.97 Å². The number of carbonyl (C=O) groups excluding carboxylic acids is 2. The van der Waals surface area contributed by atoms with Gasteiger partial charge in [-0.1, -0.05) is 6.07 Å². The standard InChI is InChI=1S/C13H16FNO4/c1-8(16)15-11(13(17)19-3)7-9-4-5-12(18-2)10(14)6-9/h4-6,11H,7H2,1-3H3,(H,15,16)/t11-/m0/s1/i14-1. The normalized spacial score (nSPS) is 11.6. The molecule has 0 aliphatic carbocycles. The Morgan fingerprint density at radius 3 is 2.53 bits per heavy atom. The first-order chi connectivity index (χ1) is 8.97. The number of amides is 1. The zero-order valence-corrected chi connectivity index (χ0v) is 11.0. The van der Waals surface area contributed by atoms with Crippen molar-refractivity contribution in [2.45, 2.75) is 19.4 Å². The van der Waals surface area contributed by atoms with Gasteiger partial charge in [0.2, 0.25) is 5.91 Å². The zero-order chi connectivity index (χ0) is 14.4. The van der Waals surface area contributed by atoms with Gasteiger partial charge in [-0.2, -0.15) is 0 Å². The molecule has 104 valence electrons. The van der Waals surface area contributed by atoms with Crippen molar-refractivity contribution in [3.05, 3.63) is 29.6 Å². The Morgan fingerprint density at radius 1 is 1.37 bits per heavy atom. The topological polar surface area (TPSA) is 64.6 Å². The molecule has 0 saturated carbocycles. The van der Waals surface area contributed by atoms with Gasteiger partial charge in [-0.15, -0.1) is 0 Å². The third-order valence-corrected chi connectivity index (χ3v) is 2.52. The summed E-state index contributed by atoms with van der Waals surface area (Å²) in [5, 5.41) is 2.46. The summed E-state index contributed by atoms with van der Waals surface area (Å²) < 4.78 is 22.9. The molecule has 1 atom stereocenters. The molecule has 1 aromatic rings. The highest BCUT2D eigenvalue weighted by Crippen LogP contribution is 2.18. The van der Waals surface area contributed by atoms with Crippen LogP contribution < -0.4 is 10.1 Å². The van der Waals surface area contributed by atoms with Crippen LogP contribution in [0.5, 0.6) is 5.75 Å². The van der Waals surface area contributed by atoms with Crippen molar-refractivity contribution < 1.29 is 23.5 Å². The molecule has 0 heterocycles. The molecule has 1 rings (SSSR count). The number of nitrogens with one attached hydrogen (secondary N) is 1. The number of ether oxygens (including phenoxy) is 2. The highest BCUT2D eigenvalue weighted by Gasteiger charge is 2.21. The van der Waals surface area contributed by atoms with Gasteiger partial charge in [0.05, 0.1) is 14.2 Å². The van der Waals surface area contributed by atoms with Crippen LogP contribution in [-0.4, -0.2) is 32.1 Å². The number of benzene rings is 1. The lowest BCUT2D eigenvalue weighted by Gasteiger charge is -2.15. The summed E-state index contributed by atoms with van der Waals surface area (Å²) >= 11 is 0. The highest BCUT2D eigenvalue weighted by molar-refractivity contribution is 5.83. The minimum atomic E-state index is -0.838. The maximum absolute atomic E-state index is 13.5. The molecule has 1 N–H and O–H groups in total. The van der Waals surface area contributed by atoms with E-state index in [0.717, 1.165) is 0 Å². The Balaban J connectivity index is 2.86. The first kappa shape index (κ1) is 14.9. The molecule has 1 amide bonds. The van der Waals surface area contributed by atoms with Crippen LogP contribution in [0.4, 0.5) is 4.39 Å². The van der Waals surface area contributed by atoms with E-state index >= 15 is 0 Å². The predicted molar refractivity (Wildman–Crippen MR) is 66.3 cm³/mol. The number of carbonyl (C=O) groups is 2. The number of esters is 1. The molecule has 0 radical (unpaired) electrons.